The number of imidazole rings is 1. The van der Waals surface area contributed by atoms with E-state index in [1.54, 1.807) is 0 Å². The Morgan fingerprint density at radius 2 is 1.93 bits per heavy atom. The van der Waals surface area contributed by atoms with Crippen LogP contribution in [0.4, 0.5) is 14.5 Å². The Hall–Kier alpha value is -4.08. The minimum atomic E-state index is -1.01. The van der Waals surface area contributed by atoms with Crippen LogP contribution in [0.15, 0.2) is 40.9 Å². The molecule has 0 radical (unpaired) electrons. The van der Waals surface area contributed by atoms with Crippen LogP contribution in [0.2, 0.25) is 0 Å². The third-order valence-corrected chi connectivity index (χ3v) is 8.13. The molecule has 2 aromatic heterocycles. The van der Waals surface area contributed by atoms with Crippen LogP contribution in [0.3, 0.4) is 0 Å². The van der Waals surface area contributed by atoms with Crippen LogP contribution >= 0.6 is 0 Å². The summed E-state index contributed by atoms with van der Waals surface area (Å²) in [6.45, 7) is 6.43. The predicted molar refractivity (Wildman–Crippen MR) is 146 cm³/mol. The zero-order valence-corrected chi connectivity index (χ0v) is 22.7. The third-order valence-electron chi connectivity index (χ3n) is 8.13. The highest BCUT2D eigenvalue weighted by Crippen LogP contribution is 2.45. The van der Waals surface area contributed by atoms with Crippen molar-refractivity contribution in [2.75, 3.05) is 11.4 Å². The Morgan fingerprint density at radius 1 is 1.12 bits per heavy atom. The molecule has 2 aromatic carbocycles. The standard InChI is InChI=1S/C30H31F2N5O3/c1-4-11-33-30(39)19-12-21(13-19)37-25-8-5-18(28-16(2)35-40-17(28)3)14-24(25)34-29(37)26-9-10-27(38)36(26)20-6-7-22(31)23(32)15-20/h5-8,14-15,19,21,26H,4,9-13H2,1-3H3,(H,33,39). The Morgan fingerprint density at radius 3 is 2.62 bits per heavy atom. The van der Waals surface area contributed by atoms with Gasteiger partial charge in [0.15, 0.2) is 11.6 Å². The van der Waals surface area contributed by atoms with Crippen molar-refractivity contribution in [3.05, 3.63) is 65.3 Å². The van der Waals surface area contributed by atoms with Gasteiger partial charge in [0, 0.05) is 42.2 Å². The minimum Gasteiger partial charge on any atom is -0.361 e. The molecule has 2 fully saturated rings. The summed E-state index contributed by atoms with van der Waals surface area (Å²) < 4.78 is 35.4. The number of nitrogens with zero attached hydrogens (tertiary/aromatic N) is 4. The van der Waals surface area contributed by atoms with E-state index >= 15 is 0 Å². The molecular weight excluding hydrogens is 516 g/mol. The van der Waals surface area contributed by atoms with Gasteiger partial charge in [0.1, 0.15) is 11.6 Å². The highest BCUT2D eigenvalue weighted by molar-refractivity contribution is 5.96. The number of amides is 2. The summed E-state index contributed by atoms with van der Waals surface area (Å²) in [4.78, 5) is 32.3. The average Bonchev–Trinajstić information content (AvgIpc) is 3.57. The second kappa shape index (κ2) is 10.1. The lowest BCUT2D eigenvalue weighted by Crippen LogP contribution is -2.40. The largest absolute Gasteiger partial charge is 0.361 e. The maximum Gasteiger partial charge on any atom is 0.227 e. The van der Waals surface area contributed by atoms with Gasteiger partial charge in [-0.05, 0) is 69.4 Å². The molecule has 4 aromatic rings. The lowest BCUT2D eigenvalue weighted by atomic mass is 9.79. The topological polar surface area (TPSA) is 93.3 Å². The van der Waals surface area contributed by atoms with Gasteiger partial charge < -0.3 is 19.3 Å². The minimum absolute atomic E-state index is 0.0183. The van der Waals surface area contributed by atoms with Gasteiger partial charge >= 0.3 is 0 Å². The number of benzene rings is 2. The molecule has 2 aliphatic rings. The fraction of sp³-hybridized carbons (Fsp3) is 0.400. The van der Waals surface area contributed by atoms with Crippen molar-refractivity contribution in [3.8, 4) is 11.1 Å². The van der Waals surface area contributed by atoms with Crippen molar-refractivity contribution in [1.82, 2.24) is 20.0 Å². The van der Waals surface area contributed by atoms with Crippen molar-refractivity contribution in [2.45, 2.75) is 65.0 Å². The van der Waals surface area contributed by atoms with Crippen molar-refractivity contribution >= 4 is 28.5 Å². The number of carbonyl (C=O) groups excluding carboxylic acids is 2. The molecule has 1 saturated carbocycles. The molecule has 40 heavy (non-hydrogen) atoms. The van der Waals surface area contributed by atoms with Crippen LogP contribution in [0.25, 0.3) is 22.2 Å². The SMILES string of the molecule is CCCNC(=O)C1CC(n2c(C3CCC(=O)N3c3ccc(F)c(F)c3)nc3cc(-c4c(C)noc4C)ccc32)C1. The summed E-state index contributed by atoms with van der Waals surface area (Å²) in [7, 11) is 0. The van der Waals surface area contributed by atoms with E-state index in [-0.39, 0.29) is 30.2 Å². The number of aromatic nitrogens is 3. The number of anilines is 1. The number of nitrogens with one attached hydrogen (secondary N) is 1. The molecule has 1 aliphatic carbocycles. The Labute approximate surface area is 230 Å². The molecule has 1 saturated heterocycles. The summed E-state index contributed by atoms with van der Waals surface area (Å²) in [5.74, 6) is -0.778. The Balaban J connectivity index is 1.43. The van der Waals surface area contributed by atoms with Crippen molar-refractivity contribution in [3.63, 3.8) is 0 Å². The van der Waals surface area contributed by atoms with E-state index in [0.29, 0.717) is 43.1 Å². The van der Waals surface area contributed by atoms with E-state index < -0.39 is 17.7 Å². The van der Waals surface area contributed by atoms with E-state index in [4.69, 9.17) is 9.51 Å². The van der Waals surface area contributed by atoms with Crippen LogP contribution < -0.4 is 10.2 Å². The lowest BCUT2D eigenvalue weighted by molar-refractivity contribution is -0.128. The van der Waals surface area contributed by atoms with Crippen LogP contribution in [0, 0.1) is 31.4 Å². The maximum atomic E-state index is 14.2. The van der Waals surface area contributed by atoms with Crippen LogP contribution in [-0.2, 0) is 9.59 Å². The zero-order valence-electron chi connectivity index (χ0n) is 22.7. The van der Waals surface area contributed by atoms with E-state index in [1.165, 1.54) is 11.0 Å². The Kier molecular flexibility index (Phi) is 6.64. The number of fused-ring (bicyclic) bond motifs is 1. The molecule has 3 heterocycles. The molecule has 208 valence electrons. The molecule has 1 unspecified atom stereocenters. The highest BCUT2D eigenvalue weighted by atomic mass is 19.2. The Bertz CT molecular complexity index is 1600. The molecule has 2 amide bonds. The first-order chi connectivity index (χ1) is 19.3. The van der Waals surface area contributed by atoms with Crippen molar-refractivity contribution < 1.29 is 22.9 Å². The first kappa shape index (κ1) is 26.2. The number of aryl methyl sites for hydroxylation is 2. The zero-order chi connectivity index (χ0) is 28.1. The normalized spacial score (nSPS) is 20.8. The number of halogens is 2. The molecule has 8 nitrogen and oxygen atoms in total. The van der Waals surface area contributed by atoms with Crippen LogP contribution in [-0.4, -0.2) is 33.1 Å². The second-order valence-electron chi connectivity index (χ2n) is 10.8. The van der Waals surface area contributed by atoms with Crippen molar-refractivity contribution in [2.24, 2.45) is 5.92 Å². The van der Waals surface area contributed by atoms with Crippen LogP contribution in [0.5, 0.6) is 0 Å². The summed E-state index contributed by atoms with van der Waals surface area (Å²) >= 11 is 0. The van der Waals surface area contributed by atoms with Gasteiger partial charge in [-0.2, -0.15) is 0 Å². The summed E-state index contributed by atoms with van der Waals surface area (Å²) in [5.41, 5.74) is 4.55. The van der Waals surface area contributed by atoms with Gasteiger partial charge in [-0.25, -0.2) is 13.8 Å². The monoisotopic (exact) mass is 547 g/mol. The molecule has 1 aliphatic heterocycles. The maximum absolute atomic E-state index is 14.2. The molecule has 10 heteroatoms. The molecule has 0 spiro atoms. The quantitative estimate of drug-likeness (QED) is 0.310. The second-order valence-corrected chi connectivity index (χ2v) is 10.8. The van der Waals surface area contributed by atoms with Crippen LogP contribution in [0.1, 0.15) is 68.4 Å². The van der Waals surface area contributed by atoms with E-state index in [1.807, 2.05) is 39.0 Å². The molecular formula is C30H31F2N5O3. The lowest BCUT2D eigenvalue weighted by Gasteiger charge is -2.37. The van der Waals surface area contributed by atoms with Gasteiger partial charge in [0.25, 0.3) is 0 Å². The summed E-state index contributed by atoms with van der Waals surface area (Å²) in [6.07, 6.45) is 2.95. The number of rotatable bonds is 7. The van der Waals surface area contributed by atoms with E-state index in [0.717, 1.165) is 46.4 Å². The fourth-order valence-electron chi connectivity index (χ4n) is 6.08. The first-order valence-electron chi connectivity index (χ1n) is 13.8. The molecule has 6 rings (SSSR count). The molecule has 1 N–H and O–H groups in total. The van der Waals surface area contributed by atoms with Gasteiger partial charge in [0.2, 0.25) is 11.8 Å². The number of hydrogen-bond donors (Lipinski definition) is 1. The number of carbonyl (C=O) groups is 2. The number of hydrogen-bond acceptors (Lipinski definition) is 5. The van der Waals surface area contributed by atoms with Gasteiger partial charge in [-0.1, -0.05) is 18.1 Å². The van der Waals surface area contributed by atoms with Crippen molar-refractivity contribution in [1.29, 1.82) is 0 Å². The predicted octanol–water partition coefficient (Wildman–Crippen LogP) is 5.93. The van der Waals surface area contributed by atoms with Gasteiger partial charge in [-0.15, -0.1) is 0 Å². The van der Waals surface area contributed by atoms with Gasteiger partial charge in [0.05, 0.1) is 22.8 Å². The highest BCUT2D eigenvalue weighted by Gasteiger charge is 2.42. The summed E-state index contributed by atoms with van der Waals surface area (Å²) in [5, 5.41) is 7.07. The third kappa shape index (κ3) is 4.35. The molecule has 0 bridgehead atoms. The van der Waals surface area contributed by atoms with E-state index in [2.05, 4.69) is 15.0 Å². The van der Waals surface area contributed by atoms with E-state index in [9.17, 15) is 18.4 Å². The smallest absolute Gasteiger partial charge is 0.227 e. The first-order valence-corrected chi connectivity index (χ1v) is 13.8. The summed E-state index contributed by atoms with van der Waals surface area (Å²) in [6, 6.07) is 9.09. The molecule has 1 atom stereocenters. The average molecular weight is 548 g/mol. The fourth-order valence-corrected chi connectivity index (χ4v) is 6.08. The van der Waals surface area contributed by atoms with Gasteiger partial charge in [-0.3, -0.25) is 9.59 Å².